The first-order chi connectivity index (χ1) is 9.95. The number of aliphatic carboxylic acids is 1. The fourth-order valence-electron chi connectivity index (χ4n) is 2.35. The summed E-state index contributed by atoms with van der Waals surface area (Å²) in [5.74, 6) is -1.67. The first-order valence-electron chi connectivity index (χ1n) is 6.37. The van der Waals surface area contributed by atoms with Gasteiger partial charge in [0, 0.05) is 12.1 Å². The fourth-order valence-corrected chi connectivity index (χ4v) is 2.52. The van der Waals surface area contributed by atoms with E-state index in [1.807, 2.05) is 0 Å². The van der Waals surface area contributed by atoms with E-state index in [1.54, 1.807) is 19.2 Å². The Morgan fingerprint density at radius 3 is 2.76 bits per heavy atom. The Kier molecular flexibility index (Phi) is 4.69. The minimum atomic E-state index is -0.977. The summed E-state index contributed by atoms with van der Waals surface area (Å²) in [4.78, 5) is 25.1. The standard InChI is InChI=1S/C14H16ClNO5/c1-16(11-7-21-6-10(11)14(18)19)13(17)9-5-8(15)3-4-12(9)20-2/h3-5,10-11H,6-7H2,1-2H3,(H,18,19). The molecule has 1 heterocycles. The number of hydrogen-bond acceptors (Lipinski definition) is 4. The number of carboxylic acid groups (broad SMARTS) is 1. The van der Waals surface area contributed by atoms with Gasteiger partial charge in [-0.25, -0.2) is 0 Å². The second kappa shape index (κ2) is 6.32. The van der Waals surface area contributed by atoms with E-state index in [0.717, 1.165) is 0 Å². The second-order valence-corrected chi connectivity index (χ2v) is 5.25. The summed E-state index contributed by atoms with van der Waals surface area (Å²) in [6.45, 7) is 0.298. The van der Waals surface area contributed by atoms with Crippen molar-refractivity contribution in [2.24, 2.45) is 5.92 Å². The summed E-state index contributed by atoms with van der Waals surface area (Å²) >= 11 is 5.92. The molecule has 1 aliphatic rings. The van der Waals surface area contributed by atoms with Crippen molar-refractivity contribution in [1.29, 1.82) is 0 Å². The van der Waals surface area contributed by atoms with Crippen molar-refractivity contribution >= 4 is 23.5 Å². The summed E-state index contributed by atoms with van der Waals surface area (Å²) in [6.07, 6.45) is 0. The Labute approximate surface area is 127 Å². The number of amides is 1. The molecule has 1 N–H and O–H groups in total. The summed E-state index contributed by atoms with van der Waals surface area (Å²) in [6, 6.07) is 4.21. The molecule has 1 aromatic rings. The quantitative estimate of drug-likeness (QED) is 0.912. The van der Waals surface area contributed by atoms with Crippen molar-refractivity contribution in [3.63, 3.8) is 0 Å². The molecule has 21 heavy (non-hydrogen) atoms. The largest absolute Gasteiger partial charge is 0.496 e. The van der Waals surface area contributed by atoms with Crippen LogP contribution in [0.4, 0.5) is 0 Å². The zero-order chi connectivity index (χ0) is 15.6. The van der Waals surface area contributed by atoms with E-state index < -0.39 is 17.9 Å². The van der Waals surface area contributed by atoms with E-state index in [0.29, 0.717) is 16.3 Å². The van der Waals surface area contributed by atoms with E-state index >= 15 is 0 Å². The first-order valence-corrected chi connectivity index (χ1v) is 6.74. The van der Waals surface area contributed by atoms with Gasteiger partial charge in [-0.3, -0.25) is 9.59 Å². The maximum Gasteiger partial charge on any atom is 0.311 e. The molecular weight excluding hydrogens is 298 g/mol. The van der Waals surface area contributed by atoms with Crippen molar-refractivity contribution in [3.05, 3.63) is 28.8 Å². The zero-order valence-electron chi connectivity index (χ0n) is 11.7. The van der Waals surface area contributed by atoms with E-state index in [1.165, 1.54) is 18.1 Å². The smallest absolute Gasteiger partial charge is 0.311 e. The van der Waals surface area contributed by atoms with Crippen LogP contribution in [0.1, 0.15) is 10.4 Å². The van der Waals surface area contributed by atoms with Crippen LogP contribution in [0.25, 0.3) is 0 Å². The molecule has 0 spiro atoms. The van der Waals surface area contributed by atoms with E-state index in [9.17, 15) is 9.59 Å². The monoisotopic (exact) mass is 313 g/mol. The molecule has 0 bridgehead atoms. The molecule has 2 unspecified atom stereocenters. The van der Waals surface area contributed by atoms with Gasteiger partial charge in [0.25, 0.3) is 5.91 Å². The average molecular weight is 314 g/mol. The Morgan fingerprint density at radius 2 is 2.14 bits per heavy atom. The summed E-state index contributed by atoms with van der Waals surface area (Å²) in [5, 5.41) is 9.57. The molecule has 7 heteroatoms. The summed E-state index contributed by atoms with van der Waals surface area (Å²) in [5.41, 5.74) is 0.295. The lowest BCUT2D eigenvalue weighted by molar-refractivity contribution is -0.142. The highest BCUT2D eigenvalue weighted by Crippen LogP contribution is 2.26. The molecule has 0 aromatic heterocycles. The number of halogens is 1. The normalized spacial score (nSPS) is 21.1. The van der Waals surface area contributed by atoms with E-state index in [-0.39, 0.29) is 19.1 Å². The number of carbonyl (C=O) groups is 2. The van der Waals surface area contributed by atoms with Crippen LogP contribution in [0.15, 0.2) is 18.2 Å². The van der Waals surface area contributed by atoms with Gasteiger partial charge in [-0.1, -0.05) is 11.6 Å². The van der Waals surface area contributed by atoms with Gasteiger partial charge in [0.15, 0.2) is 0 Å². The molecule has 1 fully saturated rings. The second-order valence-electron chi connectivity index (χ2n) is 4.81. The van der Waals surface area contributed by atoms with Crippen LogP contribution in [0.3, 0.4) is 0 Å². The number of hydrogen-bond donors (Lipinski definition) is 1. The van der Waals surface area contributed by atoms with Crippen molar-refractivity contribution in [2.75, 3.05) is 27.4 Å². The van der Waals surface area contributed by atoms with Crippen LogP contribution >= 0.6 is 11.6 Å². The molecule has 1 aliphatic heterocycles. The number of rotatable bonds is 4. The van der Waals surface area contributed by atoms with Gasteiger partial charge in [-0.2, -0.15) is 0 Å². The van der Waals surface area contributed by atoms with E-state index in [4.69, 9.17) is 26.2 Å². The predicted octanol–water partition coefficient (Wildman–Crippen LogP) is 1.52. The van der Waals surface area contributed by atoms with Crippen molar-refractivity contribution in [1.82, 2.24) is 4.90 Å². The Hall–Kier alpha value is -1.79. The van der Waals surface area contributed by atoms with Crippen LogP contribution in [0.2, 0.25) is 5.02 Å². The van der Waals surface area contributed by atoms with Crippen LogP contribution in [0, 0.1) is 5.92 Å². The first kappa shape index (κ1) is 15.6. The third kappa shape index (κ3) is 3.11. The molecule has 0 radical (unpaired) electrons. The van der Waals surface area contributed by atoms with Gasteiger partial charge >= 0.3 is 5.97 Å². The molecule has 2 rings (SSSR count). The Balaban J connectivity index is 2.27. The molecule has 0 saturated carbocycles. The maximum atomic E-state index is 12.6. The van der Waals surface area contributed by atoms with Crippen molar-refractivity contribution < 1.29 is 24.2 Å². The third-order valence-corrected chi connectivity index (χ3v) is 3.81. The van der Waals surface area contributed by atoms with Gasteiger partial charge in [0.1, 0.15) is 11.7 Å². The van der Waals surface area contributed by atoms with E-state index in [2.05, 4.69) is 0 Å². The number of likely N-dealkylation sites (N-methyl/N-ethyl adjacent to an activating group) is 1. The molecule has 1 aromatic carbocycles. The highest BCUT2D eigenvalue weighted by atomic mass is 35.5. The van der Waals surface area contributed by atoms with Gasteiger partial charge in [-0.15, -0.1) is 0 Å². The molecule has 114 valence electrons. The summed E-state index contributed by atoms with van der Waals surface area (Å²) in [7, 11) is 3.01. The number of carbonyl (C=O) groups excluding carboxylic acids is 1. The minimum Gasteiger partial charge on any atom is -0.496 e. The van der Waals surface area contributed by atoms with Gasteiger partial charge in [0.2, 0.25) is 0 Å². The molecular formula is C14H16ClNO5. The highest BCUT2D eigenvalue weighted by Gasteiger charge is 2.39. The Morgan fingerprint density at radius 1 is 1.43 bits per heavy atom. The lowest BCUT2D eigenvalue weighted by Gasteiger charge is -2.27. The maximum absolute atomic E-state index is 12.6. The van der Waals surface area contributed by atoms with Crippen LogP contribution in [-0.2, 0) is 9.53 Å². The van der Waals surface area contributed by atoms with Crippen LogP contribution in [-0.4, -0.2) is 55.3 Å². The SMILES string of the molecule is COc1ccc(Cl)cc1C(=O)N(C)C1COCC1C(=O)O. The molecule has 1 saturated heterocycles. The van der Waals surface area contributed by atoms with Gasteiger partial charge in [-0.05, 0) is 18.2 Å². The minimum absolute atomic E-state index is 0.101. The average Bonchev–Trinajstić information content (AvgIpc) is 2.95. The van der Waals surface area contributed by atoms with Crippen LogP contribution in [0.5, 0.6) is 5.75 Å². The topological polar surface area (TPSA) is 76.1 Å². The number of carboxylic acids is 1. The Bertz CT molecular complexity index is 562. The number of benzene rings is 1. The summed E-state index contributed by atoms with van der Waals surface area (Å²) < 4.78 is 10.3. The lowest BCUT2D eigenvalue weighted by atomic mass is 10.0. The molecule has 6 nitrogen and oxygen atoms in total. The van der Waals surface area contributed by atoms with Crippen molar-refractivity contribution in [2.45, 2.75) is 6.04 Å². The molecule has 1 amide bonds. The van der Waals surface area contributed by atoms with Crippen LogP contribution < -0.4 is 4.74 Å². The number of nitrogens with zero attached hydrogens (tertiary/aromatic N) is 1. The predicted molar refractivity (Wildman–Crippen MR) is 75.8 cm³/mol. The third-order valence-electron chi connectivity index (χ3n) is 3.58. The van der Waals surface area contributed by atoms with Gasteiger partial charge < -0.3 is 19.5 Å². The number of methoxy groups -OCH3 is 1. The van der Waals surface area contributed by atoms with Crippen molar-refractivity contribution in [3.8, 4) is 5.75 Å². The van der Waals surface area contributed by atoms with Gasteiger partial charge in [0.05, 0.1) is 31.9 Å². The molecule has 2 atom stereocenters. The lowest BCUT2D eigenvalue weighted by Crippen LogP contribution is -2.44. The highest BCUT2D eigenvalue weighted by molar-refractivity contribution is 6.31. The molecule has 0 aliphatic carbocycles. The fraction of sp³-hybridized carbons (Fsp3) is 0.429. The zero-order valence-corrected chi connectivity index (χ0v) is 12.5. The number of ether oxygens (including phenoxy) is 2.